The van der Waals surface area contributed by atoms with E-state index in [0.29, 0.717) is 24.6 Å². The van der Waals surface area contributed by atoms with E-state index in [4.69, 9.17) is 10.5 Å². The van der Waals surface area contributed by atoms with Gasteiger partial charge in [-0.3, -0.25) is 0 Å². The number of β-lactam (4-membered cyclic amide) rings is 1. The van der Waals surface area contributed by atoms with E-state index < -0.39 is 0 Å². The van der Waals surface area contributed by atoms with Crippen LogP contribution in [-0.4, -0.2) is 35.4 Å². The number of carbonyl (C=O) groups excluding carboxylic acids is 1. The molecule has 1 amide bonds. The molecule has 4 nitrogen and oxygen atoms in total. The normalized spacial score (nSPS) is 20.7. The number of hydrogen-bond donors (Lipinski definition) is 1. The van der Waals surface area contributed by atoms with E-state index in [1.54, 1.807) is 7.11 Å². The Balaban J connectivity index is 0.00000242. The number of likely N-dealkylation sites (tertiary alicyclic amines) is 1. The van der Waals surface area contributed by atoms with E-state index in [1.807, 2.05) is 44.3 Å². The van der Waals surface area contributed by atoms with Crippen molar-refractivity contribution in [1.29, 1.82) is 0 Å². The predicted octanol–water partition coefficient (Wildman–Crippen LogP) is -0.701. The maximum Gasteiger partial charge on any atom is -0.147 e. The van der Waals surface area contributed by atoms with Gasteiger partial charge >= 0.3 is 145 Å². The van der Waals surface area contributed by atoms with Gasteiger partial charge in [-0.1, -0.05) is 0 Å². The summed E-state index contributed by atoms with van der Waals surface area (Å²) in [7, 11) is 3.46. The van der Waals surface area contributed by atoms with Crippen LogP contribution in [0, 0.1) is 0 Å². The van der Waals surface area contributed by atoms with Crippen molar-refractivity contribution in [2.75, 3.05) is 7.11 Å². The number of rotatable bonds is 6. The quantitative estimate of drug-likeness (QED) is 0.283. The first-order chi connectivity index (χ1) is 9.99. The zero-order valence-corrected chi connectivity index (χ0v) is 21.1. The van der Waals surface area contributed by atoms with Crippen LogP contribution in [0.4, 0.5) is 0 Å². The van der Waals surface area contributed by atoms with E-state index in [1.165, 1.54) is 5.56 Å². The number of benzene rings is 1. The Hall–Kier alpha value is 0.0551. The van der Waals surface area contributed by atoms with Crippen LogP contribution in [0.2, 0.25) is 0 Å². The van der Waals surface area contributed by atoms with Crippen LogP contribution in [0.25, 0.3) is 0 Å². The SMILES string of the molecule is C=C(C)C(Cc1ccc(OC)cc1)N1C(=O)C(N)C1[S][Hg+].Cl.[Cl-]. The monoisotopic (exact) mass is 564 g/mol. The number of ether oxygens (including phenoxy) is 1. The molecule has 3 atom stereocenters. The van der Waals surface area contributed by atoms with E-state index in [2.05, 4.69) is 6.58 Å². The number of nitrogens with zero attached hydrogens (tertiary/aromatic N) is 1. The Morgan fingerprint density at radius 1 is 1.48 bits per heavy atom. The van der Waals surface area contributed by atoms with Crippen molar-refractivity contribution in [2.24, 2.45) is 5.73 Å². The molecule has 0 saturated carbocycles. The molecule has 3 unspecified atom stereocenters. The molecule has 0 bridgehead atoms. The summed E-state index contributed by atoms with van der Waals surface area (Å²) in [6, 6.07) is 7.63. The molecular formula is C15H20Cl2HgN2O2S. The second-order valence-electron chi connectivity index (χ2n) is 5.24. The number of carbonyl (C=O) groups is 1. The molecule has 1 fully saturated rings. The van der Waals surface area contributed by atoms with Crippen LogP contribution < -0.4 is 22.9 Å². The number of methoxy groups -OCH3 is 1. The largest absolute Gasteiger partial charge is 1.00 e. The fourth-order valence-corrected chi connectivity index (χ4v) is 7.55. The van der Waals surface area contributed by atoms with Crippen molar-refractivity contribution >= 4 is 26.6 Å². The van der Waals surface area contributed by atoms with E-state index in [9.17, 15) is 4.79 Å². The molecule has 23 heavy (non-hydrogen) atoms. The molecule has 124 valence electrons. The van der Waals surface area contributed by atoms with Crippen molar-refractivity contribution in [2.45, 2.75) is 30.8 Å². The summed E-state index contributed by atoms with van der Waals surface area (Å²) in [5, 5.41) is 0.126. The Bertz CT molecular complexity index is 545. The molecule has 0 spiro atoms. The summed E-state index contributed by atoms with van der Waals surface area (Å²) in [4.78, 5) is 14.0. The van der Waals surface area contributed by atoms with E-state index in [0.717, 1.165) is 17.7 Å². The maximum atomic E-state index is 12.1. The Labute approximate surface area is 168 Å². The summed E-state index contributed by atoms with van der Waals surface area (Å²) in [5.74, 6) is 0.877. The first-order valence-electron chi connectivity index (χ1n) is 6.76. The van der Waals surface area contributed by atoms with Crippen LogP contribution in [0.15, 0.2) is 36.4 Å². The van der Waals surface area contributed by atoms with Crippen molar-refractivity contribution in [3.8, 4) is 5.75 Å². The third-order valence-electron chi connectivity index (χ3n) is 3.78. The average molecular weight is 564 g/mol. The first kappa shape index (κ1) is 23.1. The second-order valence-corrected chi connectivity index (χ2v) is 9.95. The minimum Gasteiger partial charge on any atom is -1.00 e. The number of nitrogens with two attached hydrogens (primary N) is 1. The van der Waals surface area contributed by atoms with Crippen molar-refractivity contribution in [3.05, 3.63) is 42.0 Å². The van der Waals surface area contributed by atoms with E-state index in [-0.39, 0.29) is 48.2 Å². The third kappa shape index (κ3) is 5.02. The molecule has 8 heteroatoms. The van der Waals surface area contributed by atoms with Gasteiger partial charge in [-0.15, -0.1) is 12.4 Å². The molecule has 1 aromatic carbocycles. The van der Waals surface area contributed by atoms with Gasteiger partial charge in [0.2, 0.25) is 0 Å². The molecule has 2 rings (SSSR count). The smallest absolute Gasteiger partial charge is 0.147 e. The molecular weight excluding hydrogens is 544 g/mol. The van der Waals surface area contributed by atoms with Gasteiger partial charge in [0.25, 0.3) is 0 Å². The van der Waals surface area contributed by atoms with Gasteiger partial charge in [0, 0.05) is 0 Å². The number of halogens is 2. The number of hydrogen-bond acceptors (Lipinski definition) is 4. The Morgan fingerprint density at radius 3 is 2.48 bits per heavy atom. The van der Waals surface area contributed by atoms with Crippen molar-refractivity contribution < 1.29 is 46.5 Å². The van der Waals surface area contributed by atoms with Crippen LogP contribution in [-0.2, 0) is 35.8 Å². The minimum atomic E-state index is -0.342. The maximum absolute atomic E-state index is 12.1. The van der Waals surface area contributed by atoms with Gasteiger partial charge in [0.15, 0.2) is 0 Å². The standard InChI is InChI=1S/C15H20N2O2S.2ClH.Hg/c1-9(2)12(17-14(18)13(16)15(17)20)8-10-4-6-11(19-3)7-5-10;;;/h4-7,12-13,15,20H,1,8,16H2,2-3H3;2*1H;/q;;;+2/p-2. The van der Waals surface area contributed by atoms with Crippen LogP contribution in [0.5, 0.6) is 5.75 Å². The zero-order chi connectivity index (χ0) is 15.6. The van der Waals surface area contributed by atoms with Gasteiger partial charge < -0.3 is 12.4 Å². The molecule has 0 aromatic heterocycles. The van der Waals surface area contributed by atoms with Gasteiger partial charge in [0.1, 0.15) is 0 Å². The second kappa shape index (κ2) is 10.1. The molecule has 2 N–H and O–H groups in total. The molecule has 1 aromatic rings. The van der Waals surface area contributed by atoms with Crippen molar-refractivity contribution in [1.82, 2.24) is 4.90 Å². The Morgan fingerprint density at radius 2 is 2.04 bits per heavy atom. The fraction of sp³-hybridized carbons (Fsp3) is 0.400. The summed E-state index contributed by atoms with van der Waals surface area (Å²) < 4.78 is 5.17. The van der Waals surface area contributed by atoms with Crippen molar-refractivity contribution in [3.63, 3.8) is 0 Å². The summed E-state index contributed by atoms with van der Waals surface area (Å²) in [6.45, 7) is 6.04. The predicted molar refractivity (Wildman–Crippen MR) is 88.7 cm³/mol. The topological polar surface area (TPSA) is 55.6 Å². The fourth-order valence-electron chi connectivity index (χ4n) is 2.52. The van der Waals surface area contributed by atoms with Gasteiger partial charge in [-0.25, -0.2) is 0 Å². The van der Waals surface area contributed by atoms with Crippen LogP contribution in [0.3, 0.4) is 0 Å². The van der Waals surface area contributed by atoms with Crippen LogP contribution in [0.1, 0.15) is 12.5 Å². The average Bonchev–Trinajstić information content (AvgIpc) is 2.50. The number of amides is 1. The van der Waals surface area contributed by atoms with Crippen LogP contribution >= 0.6 is 20.6 Å². The first-order valence-corrected chi connectivity index (χ1v) is 14.5. The summed E-state index contributed by atoms with van der Waals surface area (Å²) in [5.41, 5.74) is 8.07. The molecule has 1 aliphatic rings. The van der Waals surface area contributed by atoms with Gasteiger partial charge in [-0.05, 0) is 0 Å². The third-order valence-corrected chi connectivity index (χ3v) is 8.63. The zero-order valence-electron chi connectivity index (χ0n) is 13.2. The minimum absolute atomic E-state index is 0. The molecule has 0 aliphatic carbocycles. The molecule has 1 aliphatic heterocycles. The summed E-state index contributed by atoms with van der Waals surface area (Å²) >= 11 is 0.554. The van der Waals surface area contributed by atoms with Gasteiger partial charge in [0.05, 0.1) is 0 Å². The van der Waals surface area contributed by atoms with Gasteiger partial charge in [-0.2, -0.15) is 0 Å². The summed E-state index contributed by atoms with van der Waals surface area (Å²) in [6.07, 6.45) is 0.766. The van der Waals surface area contributed by atoms with E-state index >= 15 is 0 Å². The Kier molecular flexibility index (Phi) is 10.2. The molecule has 0 radical (unpaired) electrons. The molecule has 1 saturated heterocycles. The molecule has 1 heterocycles.